The van der Waals surface area contributed by atoms with Gasteiger partial charge in [-0.3, -0.25) is 9.59 Å². The van der Waals surface area contributed by atoms with Crippen molar-refractivity contribution in [2.24, 2.45) is 0 Å². The lowest BCUT2D eigenvalue weighted by Crippen LogP contribution is -2.35. The van der Waals surface area contributed by atoms with Crippen LogP contribution in [0, 0.1) is 0 Å². The fourth-order valence-electron chi connectivity index (χ4n) is 2.11. The summed E-state index contributed by atoms with van der Waals surface area (Å²) in [4.78, 5) is 25.2. The lowest BCUT2D eigenvalue weighted by atomic mass is 10.1. The van der Waals surface area contributed by atoms with E-state index in [4.69, 9.17) is 0 Å². The zero-order chi connectivity index (χ0) is 15.0. The number of nitrogens with one attached hydrogen (secondary N) is 1. The van der Waals surface area contributed by atoms with Crippen LogP contribution in [-0.2, 0) is 9.59 Å². The fraction of sp³-hybridized carbons (Fsp3) is 0.500. The number of nitrogens with zero attached hydrogens (tertiary/aromatic N) is 1. The predicted octanol–water partition coefficient (Wildman–Crippen LogP) is 2.51. The van der Waals surface area contributed by atoms with Gasteiger partial charge in [0.25, 0.3) is 0 Å². The smallest absolute Gasteiger partial charge is 0.221 e. The minimum atomic E-state index is -0.0207. The van der Waals surface area contributed by atoms with Gasteiger partial charge in [0.05, 0.1) is 6.04 Å². The molecule has 1 aromatic rings. The number of amides is 2. The molecule has 2 amide bonds. The quantitative estimate of drug-likeness (QED) is 0.832. The van der Waals surface area contributed by atoms with E-state index in [0.29, 0.717) is 19.5 Å². The lowest BCUT2D eigenvalue weighted by molar-refractivity contribution is -0.131. The van der Waals surface area contributed by atoms with Gasteiger partial charge in [0.15, 0.2) is 0 Å². The van der Waals surface area contributed by atoms with Crippen molar-refractivity contribution in [2.75, 3.05) is 13.1 Å². The third-order valence-corrected chi connectivity index (χ3v) is 3.31. The van der Waals surface area contributed by atoms with Crippen LogP contribution in [0.4, 0.5) is 0 Å². The standard InChI is InChI=1S/C16H24N2O2/c1-4-11-17-16(20)10-12-18(14(3)19)13(2)15-8-6-5-7-9-15/h5-9,13H,4,10-12H2,1-3H3,(H,17,20). The van der Waals surface area contributed by atoms with E-state index in [1.165, 1.54) is 0 Å². The lowest BCUT2D eigenvalue weighted by Gasteiger charge is -2.28. The van der Waals surface area contributed by atoms with E-state index in [9.17, 15) is 9.59 Å². The highest BCUT2D eigenvalue weighted by Crippen LogP contribution is 2.20. The van der Waals surface area contributed by atoms with E-state index in [-0.39, 0.29) is 17.9 Å². The predicted molar refractivity (Wildman–Crippen MR) is 80.2 cm³/mol. The highest BCUT2D eigenvalue weighted by molar-refractivity contribution is 5.78. The van der Waals surface area contributed by atoms with Crippen molar-refractivity contribution in [3.05, 3.63) is 35.9 Å². The average Bonchev–Trinajstić information content (AvgIpc) is 2.45. The monoisotopic (exact) mass is 276 g/mol. The summed E-state index contributed by atoms with van der Waals surface area (Å²) in [5, 5.41) is 2.83. The topological polar surface area (TPSA) is 49.4 Å². The number of benzene rings is 1. The molecule has 0 fully saturated rings. The summed E-state index contributed by atoms with van der Waals surface area (Å²) in [5.41, 5.74) is 1.08. The molecule has 0 radical (unpaired) electrons. The van der Waals surface area contributed by atoms with Crippen molar-refractivity contribution in [1.29, 1.82) is 0 Å². The number of carbonyl (C=O) groups excluding carboxylic acids is 2. The van der Waals surface area contributed by atoms with Crippen LogP contribution in [-0.4, -0.2) is 29.8 Å². The summed E-state index contributed by atoms with van der Waals surface area (Å²) < 4.78 is 0. The SMILES string of the molecule is CCCNC(=O)CCN(C(C)=O)C(C)c1ccccc1. The Morgan fingerprint density at radius 2 is 1.90 bits per heavy atom. The van der Waals surface area contributed by atoms with Crippen molar-refractivity contribution in [2.45, 2.75) is 39.7 Å². The van der Waals surface area contributed by atoms with Gasteiger partial charge >= 0.3 is 0 Å². The second-order valence-electron chi connectivity index (χ2n) is 4.90. The maximum absolute atomic E-state index is 11.8. The van der Waals surface area contributed by atoms with Crippen LogP contribution in [0.5, 0.6) is 0 Å². The summed E-state index contributed by atoms with van der Waals surface area (Å²) in [6.07, 6.45) is 1.26. The van der Waals surface area contributed by atoms with Crippen LogP contribution in [0.3, 0.4) is 0 Å². The van der Waals surface area contributed by atoms with Crippen LogP contribution in [0.25, 0.3) is 0 Å². The second-order valence-corrected chi connectivity index (χ2v) is 4.90. The molecule has 4 heteroatoms. The Hall–Kier alpha value is -1.84. The van der Waals surface area contributed by atoms with Gasteiger partial charge in [-0.15, -0.1) is 0 Å². The van der Waals surface area contributed by atoms with Crippen LogP contribution in [0.2, 0.25) is 0 Å². The number of rotatable bonds is 7. The number of carbonyl (C=O) groups is 2. The summed E-state index contributed by atoms with van der Waals surface area (Å²) in [6, 6.07) is 9.84. The van der Waals surface area contributed by atoms with Crippen molar-refractivity contribution < 1.29 is 9.59 Å². The molecule has 0 aromatic heterocycles. The molecule has 1 rings (SSSR count). The van der Waals surface area contributed by atoms with Crippen molar-refractivity contribution in [3.63, 3.8) is 0 Å². The Bertz CT molecular complexity index is 431. The summed E-state index contributed by atoms with van der Waals surface area (Å²) in [6.45, 7) is 6.68. The molecule has 110 valence electrons. The number of hydrogen-bond donors (Lipinski definition) is 1. The molecule has 0 bridgehead atoms. The van der Waals surface area contributed by atoms with Gasteiger partial charge < -0.3 is 10.2 Å². The van der Waals surface area contributed by atoms with Crippen LogP contribution in [0.1, 0.15) is 45.2 Å². The number of hydrogen-bond acceptors (Lipinski definition) is 2. The second kappa shape index (κ2) is 8.35. The van der Waals surface area contributed by atoms with Gasteiger partial charge in [0.1, 0.15) is 0 Å². The molecular formula is C16H24N2O2. The van der Waals surface area contributed by atoms with Gasteiger partial charge in [-0.25, -0.2) is 0 Å². The van der Waals surface area contributed by atoms with E-state index < -0.39 is 0 Å². The molecule has 0 spiro atoms. The molecular weight excluding hydrogens is 252 g/mol. The first kappa shape index (κ1) is 16.2. The molecule has 1 aromatic carbocycles. The Kier molecular flexibility index (Phi) is 6.77. The van der Waals surface area contributed by atoms with Crippen LogP contribution < -0.4 is 5.32 Å². The Balaban J connectivity index is 2.61. The molecule has 1 N–H and O–H groups in total. The molecule has 1 unspecified atom stereocenters. The minimum absolute atomic E-state index is 0.00152. The fourth-order valence-corrected chi connectivity index (χ4v) is 2.11. The zero-order valence-electron chi connectivity index (χ0n) is 12.6. The molecule has 0 saturated carbocycles. The maximum Gasteiger partial charge on any atom is 0.221 e. The van der Waals surface area contributed by atoms with E-state index in [1.54, 1.807) is 11.8 Å². The normalized spacial score (nSPS) is 11.8. The highest BCUT2D eigenvalue weighted by Gasteiger charge is 2.18. The van der Waals surface area contributed by atoms with E-state index >= 15 is 0 Å². The van der Waals surface area contributed by atoms with Gasteiger partial charge in [-0.1, -0.05) is 37.3 Å². The zero-order valence-corrected chi connectivity index (χ0v) is 12.6. The van der Waals surface area contributed by atoms with Gasteiger partial charge in [0.2, 0.25) is 11.8 Å². The largest absolute Gasteiger partial charge is 0.356 e. The Morgan fingerprint density at radius 1 is 1.25 bits per heavy atom. The third-order valence-electron chi connectivity index (χ3n) is 3.31. The van der Waals surface area contributed by atoms with Gasteiger partial charge in [-0.2, -0.15) is 0 Å². The van der Waals surface area contributed by atoms with Crippen molar-refractivity contribution in [1.82, 2.24) is 10.2 Å². The molecule has 0 aliphatic carbocycles. The summed E-state index contributed by atoms with van der Waals surface area (Å²) in [5.74, 6) is -0.0111. The Morgan fingerprint density at radius 3 is 2.45 bits per heavy atom. The molecule has 0 saturated heterocycles. The third kappa shape index (κ3) is 5.03. The van der Waals surface area contributed by atoms with Crippen molar-refractivity contribution >= 4 is 11.8 Å². The van der Waals surface area contributed by atoms with Crippen LogP contribution in [0.15, 0.2) is 30.3 Å². The molecule has 0 heterocycles. The minimum Gasteiger partial charge on any atom is -0.356 e. The molecule has 1 atom stereocenters. The summed E-state index contributed by atoms with van der Waals surface area (Å²) >= 11 is 0. The van der Waals surface area contributed by atoms with Gasteiger partial charge in [0, 0.05) is 26.4 Å². The van der Waals surface area contributed by atoms with Crippen LogP contribution >= 0.6 is 0 Å². The first-order valence-electron chi connectivity index (χ1n) is 7.15. The van der Waals surface area contributed by atoms with E-state index in [1.807, 2.05) is 44.2 Å². The highest BCUT2D eigenvalue weighted by atomic mass is 16.2. The molecule has 20 heavy (non-hydrogen) atoms. The first-order chi connectivity index (χ1) is 9.56. The summed E-state index contributed by atoms with van der Waals surface area (Å²) in [7, 11) is 0. The maximum atomic E-state index is 11.8. The molecule has 0 aliphatic rings. The average molecular weight is 276 g/mol. The van der Waals surface area contributed by atoms with Crippen molar-refractivity contribution in [3.8, 4) is 0 Å². The van der Waals surface area contributed by atoms with E-state index in [2.05, 4.69) is 5.32 Å². The Labute approximate surface area is 121 Å². The molecule has 0 aliphatic heterocycles. The van der Waals surface area contributed by atoms with E-state index in [0.717, 1.165) is 12.0 Å². The molecule has 4 nitrogen and oxygen atoms in total. The first-order valence-corrected chi connectivity index (χ1v) is 7.15. The van der Waals surface area contributed by atoms with Gasteiger partial charge in [-0.05, 0) is 18.9 Å².